The zero-order valence-electron chi connectivity index (χ0n) is 35.5. The van der Waals surface area contributed by atoms with Crippen LogP contribution >= 0.6 is 45.6 Å². The summed E-state index contributed by atoms with van der Waals surface area (Å²) in [5.41, 5.74) is 6.87. The highest BCUT2D eigenvalue weighted by Gasteiger charge is 2.14. The van der Waals surface area contributed by atoms with Crippen LogP contribution in [0.2, 0.25) is 5.02 Å². The van der Waals surface area contributed by atoms with E-state index in [1.165, 1.54) is 45.6 Å². The Hall–Kier alpha value is -7.16. The van der Waals surface area contributed by atoms with Crippen molar-refractivity contribution in [3.8, 4) is 31.3 Å². The lowest BCUT2D eigenvalue weighted by Crippen LogP contribution is -2.22. The number of hydrogen-bond donors (Lipinski definition) is 3. The normalized spacial score (nSPS) is 10.4. The first-order valence-electron chi connectivity index (χ1n) is 20.6. The number of nitrogens with one attached hydrogen (secondary N) is 3. The third-order valence-electron chi connectivity index (χ3n) is 9.88. The van der Waals surface area contributed by atoms with Crippen molar-refractivity contribution in [1.29, 1.82) is 0 Å². The summed E-state index contributed by atoms with van der Waals surface area (Å²) in [6.45, 7) is 3.19. The van der Waals surface area contributed by atoms with Crippen molar-refractivity contribution in [2.45, 2.75) is 26.6 Å². The van der Waals surface area contributed by atoms with Gasteiger partial charge in [-0.2, -0.15) is 0 Å². The zero-order valence-corrected chi connectivity index (χ0v) is 38.7. The SMILES string of the molecule is Cc1ccccc1CNC(=O)c1ccc(-c2ccncc2)s1.O=C(NCc1ccccc1Cl)c1ccc(-c2ccncc2)s1.O=C(NCc1ccccc1F)c1ccc(-c2ccncc2)s1. The first-order chi connectivity index (χ1) is 32.2. The molecule has 0 spiro atoms. The summed E-state index contributed by atoms with van der Waals surface area (Å²) in [5.74, 6) is -0.640. The van der Waals surface area contributed by atoms with Gasteiger partial charge in [-0.15, -0.1) is 34.0 Å². The molecular formula is C52H42ClFN6O3S3. The van der Waals surface area contributed by atoms with E-state index in [0.29, 0.717) is 33.4 Å². The highest BCUT2D eigenvalue weighted by atomic mass is 35.5. The standard InChI is InChI=1S/C18H16N2OS.C17H13ClN2OS.C17H13FN2OS/c1-13-4-2-3-5-15(13)12-20-18(21)17-7-6-16(22-17)14-8-10-19-11-9-14;2*18-14-4-2-1-3-13(14)11-20-17(21)16-6-5-15(22-16)12-7-9-19-10-8-12/h2-11H,12H2,1H3,(H,20,21);2*1-10H,11H2,(H,20,21). The van der Waals surface area contributed by atoms with E-state index in [1.807, 2.05) is 122 Å². The van der Waals surface area contributed by atoms with Gasteiger partial charge >= 0.3 is 0 Å². The summed E-state index contributed by atoms with van der Waals surface area (Å²) in [7, 11) is 0. The molecule has 3 amide bonds. The highest BCUT2D eigenvalue weighted by molar-refractivity contribution is 7.18. The van der Waals surface area contributed by atoms with Crippen LogP contribution < -0.4 is 16.0 Å². The van der Waals surface area contributed by atoms with Gasteiger partial charge in [0.25, 0.3) is 17.7 Å². The minimum Gasteiger partial charge on any atom is -0.347 e. The molecule has 0 aliphatic rings. The number of rotatable bonds is 12. The molecule has 9 aromatic rings. The van der Waals surface area contributed by atoms with E-state index >= 15 is 0 Å². The summed E-state index contributed by atoms with van der Waals surface area (Å²) < 4.78 is 13.5. The number of nitrogens with zero attached hydrogens (tertiary/aromatic N) is 3. The van der Waals surface area contributed by atoms with Gasteiger partial charge in [0.1, 0.15) is 5.82 Å². The number of hydrogen-bond acceptors (Lipinski definition) is 9. The monoisotopic (exact) mass is 948 g/mol. The largest absolute Gasteiger partial charge is 0.347 e. The van der Waals surface area contributed by atoms with Crippen LogP contribution in [-0.2, 0) is 19.6 Å². The van der Waals surface area contributed by atoms with Crippen molar-refractivity contribution < 1.29 is 18.8 Å². The van der Waals surface area contributed by atoms with Gasteiger partial charge in [0.2, 0.25) is 0 Å². The molecule has 14 heteroatoms. The number of amides is 3. The van der Waals surface area contributed by atoms with Crippen molar-refractivity contribution in [2.75, 3.05) is 0 Å². The summed E-state index contributed by atoms with van der Waals surface area (Å²) in [4.78, 5) is 53.7. The van der Waals surface area contributed by atoms with Gasteiger partial charge in [0.15, 0.2) is 0 Å². The van der Waals surface area contributed by atoms with Gasteiger partial charge in [0, 0.05) is 82.0 Å². The molecule has 0 bridgehead atoms. The topological polar surface area (TPSA) is 126 Å². The van der Waals surface area contributed by atoms with E-state index in [1.54, 1.807) is 61.4 Å². The van der Waals surface area contributed by atoms with Gasteiger partial charge in [-0.1, -0.05) is 72.3 Å². The maximum absolute atomic E-state index is 13.5. The Morgan fingerprint density at radius 1 is 0.455 bits per heavy atom. The van der Waals surface area contributed by atoms with E-state index < -0.39 is 0 Å². The molecule has 9 nitrogen and oxygen atoms in total. The van der Waals surface area contributed by atoms with E-state index in [0.717, 1.165) is 47.3 Å². The number of benzene rings is 3. The average Bonchev–Trinajstić information content (AvgIpc) is 4.18. The van der Waals surface area contributed by atoms with Gasteiger partial charge in [-0.3, -0.25) is 29.3 Å². The van der Waals surface area contributed by atoms with E-state index in [4.69, 9.17) is 11.6 Å². The van der Waals surface area contributed by atoms with Gasteiger partial charge < -0.3 is 16.0 Å². The Labute approximate surface area is 399 Å². The van der Waals surface area contributed by atoms with Crippen LogP contribution in [0.3, 0.4) is 0 Å². The van der Waals surface area contributed by atoms with Crippen LogP contribution in [0, 0.1) is 12.7 Å². The maximum Gasteiger partial charge on any atom is 0.261 e. The number of aryl methyl sites for hydroxylation is 1. The molecule has 3 aromatic carbocycles. The Balaban J connectivity index is 0.000000147. The molecule has 6 heterocycles. The van der Waals surface area contributed by atoms with Crippen molar-refractivity contribution in [3.05, 3.63) is 230 Å². The minimum atomic E-state index is -0.313. The van der Waals surface area contributed by atoms with Crippen molar-refractivity contribution >= 4 is 63.3 Å². The highest BCUT2D eigenvalue weighted by Crippen LogP contribution is 2.30. The molecule has 0 saturated heterocycles. The number of carbonyl (C=O) groups is 3. The first-order valence-corrected chi connectivity index (χ1v) is 23.4. The molecule has 9 rings (SSSR count). The summed E-state index contributed by atoms with van der Waals surface area (Å²) in [6.07, 6.45) is 10.4. The number of halogens is 2. The molecule has 0 saturated carbocycles. The Kier molecular flexibility index (Phi) is 16.8. The molecule has 0 unspecified atom stereocenters. The first kappa shape index (κ1) is 46.8. The van der Waals surface area contributed by atoms with E-state index in [2.05, 4.69) is 30.9 Å². The lowest BCUT2D eigenvalue weighted by Gasteiger charge is -2.06. The van der Waals surface area contributed by atoms with E-state index in [-0.39, 0.29) is 30.1 Å². The maximum atomic E-state index is 13.5. The predicted octanol–water partition coefficient (Wildman–Crippen LogP) is 12.3. The van der Waals surface area contributed by atoms with Crippen LogP contribution in [0.5, 0.6) is 0 Å². The van der Waals surface area contributed by atoms with Gasteiger partial charge in [0.05, 0.1) is 14.6 Å². The molecule has 6 aromatic heterocycles. The van der Waals surface area contributed by atoms with Crippen LogP contribution in [0.15, 0.2) is 183 Å². The smallest absolute Gasteiger partial charge is 0.261 e. The fourth-order valence-corrected chi connectivity index (χ4v) is 9.26. The van der Waals surface area contributed by atoms with Crippen LogP contribution in [0.25, 0.3) is 31.3 Å². The molecule has 330 valence electrons. The number of pyridine rings is 3. The van der Waals surface area contributed by atoms with Crippen molar-refractivity contribution in [1.82, 2.24) is 30.9 Å². The molecule has 0 fully saturated rings. The second-order valence-corrected chi connectivity index (χ2v) is 18.0. The quantitative estimate of drug-likeness (QED) is 0.112. The molecule has 0 radical (unpaired) electrons. The number of carbonyl (C=O) groups excluding carboxylic acids is 3. The minimum absolute atomic E-state index is 0.0337. The lowest BCUT2D eigenvalue weighted by atomic mass is 10.1. The summed E-state index contributed by atoms with van der Waals surface area (Å²) in [6, 6.07) is 44.8. The predicted molar refractivity (Wildman–Crippen MR) is 265 cm³/mol. The molecule has 0 atom stereocenters. The average molecular weight is 950 g/mol. The van der Waals surface area contributed by atoms with Crippen LogP contribution in [0.1, 0.15) is 51.3 Å². The van der Waals surface area contributed by atoms with Crippen molar-refractivity contribution in [3.63, 3.8) is 0 Å². The van der Waals surface area contributed by atoms with Gasteiger partial charge in [-0.05, 0) is 125 Å². The zero-order chi connectivity index (χ0) is 46.1. The van der Waals surface area contributed by atoms with E-state index in [9.17, 15) is 18.8 Å². The van der Waals surface area contributed by atoms with Gasteiger partial charge in [-0.25, -0.2) is 4.39 Å². The third-order valence-corrected chi connectivity index (χ3v) is 13.6. The Morgan fingerprint density at radius 2 is 0.803 bits per heavy atom. The second-order valence-electron chi connectivity index (χ2n) is 14.4. The Bertz CT molecular complexity index is 2680. The van der Waals surface area contributed by atoms with Crippen LogP contribution in [-0.4, -0.2) is 32.7 Å². The lowest BCUT2D eigenvalue weighted by molar-refractivity contribution is 0.0946. The van der Waals surface area contributed by atoms with Crippen LogP contribution in [0.4, 0.5) is 4.39 Å². The second kappa shape index (κ2) is 23.7. The summed E-state index contributed by atoms with van der Waals surface area (Å²) >= 11 is 10.4. The summed E-state index contributed by atoms with van der Waals surface area (Å²) in [5, 5.41) is 9.27. The molecular weight excluding hydrogens is 907 g/mol. The molecule has 66 heavy (non-hydrogen) atoms. The Morgan fingerprint density at radius 3 is 1.21 bits per heavy atom. The van der Waals surface area contributed by atoms with Crippen molar-refractivity contribution in [2.24, 2.45) is 0 Å². The molecule has 0 aliphatic heterocycles. The molecule has 0 aliphatic carbocycles. The number of thiophene rings is 3. The molecule has 3 N–H and O–H groups in total. The fraction of sp³-hybridized carbons (Fsp3) is 0.0769. The third kappa shape index (κ3) is 13.2. The fourth-order valence-electron chi connectivity index (χ4n) is 6.27. The number of aromatic nitrogens is 3.